The van der Waals surface area contributed by atoms with Gasteiger partial charge in [0.2, 0.25) is 0 Å². The predicted molar refractivity (Wildman–Crippen MR) is 74.0 cm³/mol. The SMILES string of the molecule is Cn1cnnc1CNC(=O)NCCc1nc(C(=O)O)cs1. The van der Waals surface area contributed by atoms with Gasteiger partial charge in [-0.3, -0.25) is 0 Å². The second-order valence-electron chi connectivity index (χ2n) is 4.15. The van der Waals surface area contributed by atoms with Crippen LogP contribution in [0.2, 0.25) is 0 Å². The quantitative estimate of drug-likeness (QED) is 0.691. The summed E-state index contributed by atoms with van der Waals surface area (Å²) in [5.74, 6) is -0.400. The third kappa shape index (κ3) is 4.24. The topological polar surface area (TPSA) is 122 Å². The number of carbonyl (C=O) groups excluding carboxylic acids is 1. The summed E-state index contributed by atoms with van der Waals surface area (Å²) in [5.41, 5.74) is 0.0294. The van der Waals surface area contributed by atoms with E-state index < -0.39 is 5.97 Å². The summed E-state index contributed by atoms with van der Waals surface area (Å²) >= 11 is 1.26. The summed E-state index contributed by atoms with van der Waals surface area (Å²) < 4.78 is 1.71. The molecule has 0 bridgehead atoms. The maximum absolute atomic E-state index is 11.6. The fourth-order valence-electron chi connectivity index (χ4n) is 1.50. The van der Waals surface area contributed by atoms with Crippen molar-refractivity contribution >= 4 is 23.3 Å². The van der Waals surface area contributed by atoms with Crippen LogP contribution in [0.5, 0.6) is 0 Å². The van der Waals surface area contributed by atoms with Crippen molar-refractivity contribution in [1.82, 2.24) is 30.4 Å². The van der Waals surface area contributed by atoms with Crippen molar-refractivity contribution in [2.45, 2.75) is 13.0 Å². The number of hydrogen-bond acceptors (Lipinski definition) is 6. The minimum Gasteiger partial charge on any atom is -0.476 e. The molecule has 2 aromatic heterocycles. The molecule has 0 aliphatic rings. The lowest BCUT2D eigenvalue weighted by Gasteiger charge is -2.06. The van der Waals surface area contributed by atoms with Crippen LogP contribution in [0, 0.1) is 0 Å². The molecule has 2 aromatic rings. The van der Waals surface area contributed by atoms with Crippen LogP contribution in [0.15, 0.2) is 11.7 Å². The Kier molecular flexibility index (Phi) is 4.82. The number of aromatic carboxylic acids is 1. The molecule has 10 heteroatoms. The van der Waals surface area contributed by atoms with Gasteiger partial charge in [0.05, 0.1) is 11.6 Å². The number of hydrogen-bond donors (Lipinski definition) is 3. The first kappa shape index (κ1) is 14.9. The zero-order chi connectivity index (χ0) is 15.2. The molecule has 0 saturated carbocycles. The van der Waals surface area contributed by atoms with Crippen LogP contribution in [0.4, 0.5) is 4.79 Å². The number of carbonyl (C=O) groups is 2. The van der Waals surface area contributed by atoms with Crippen LogP contribution in [0.25, 0.3) is 0 Å². The molecule has 0 radical (unpaired) electrons. The molecule has 0 saturated heterocycles. The molecule has 2 rings (SSSR count). The predicted octanol–water partition coefficient (Wildman–Crippen LogP) is 0.0117. The highest BCUT2D eigenvalue weighted by Crippen LogP contribution is 2.09. The summed E-state index contributed by atoms with van der Waals surface area (Å²) in [4.78, 5) is 26.2. The molecule has 21 heavy (non-hydrogen) atoms. The monoisotopic (exact) mass is 310 g/mol. The van der Waals surface area contributed by atoms with E-state index in [4.69, 9.17) is 5.11 Å². The average Bonchev–Trinajstić information content (AvgIpc) is 3.06. The second-order valence-corrected chi connectivity index (χ2v) is 5.09. The van der Waals surface area contributed by atoms with E-state index in [9.17, 15) is 9.59 Å². The largest absolute Gasteiger partial charge is 0.476 e. The number of aromatic nitrogens is 4. The average molecular weight is 310 g/mol. The van der Waals surface area contributed by atoms with Gasteiger partial charge in [-0.1, -0.05) is 0 Å². The maximum atomic E-state index is 11.6. The van der Waals surface area contributed by atoms with Gasteiger partial charge >= 0.3 is 12.0 Å². The van der Waals surface area contributed by atoms with Gasteiger partial charge in [0.15, 0.2) is 11.5 Å². The highest BCUT2D eigenvalue weighted by Gasteiger charge is 2.09. The number of thiazole rings is 1. The van der Waals surface area contributed by atoms with E-state index in [-0.39, 0.29) is 18.3 Å². The van der Waals surface area contributed by atoms with E-state index in [0.29, 0.717) is 23.8 Å². The zero-order valence-corrected chi connectivity index (χ0v) is 12.1. The summed E-state index contributed by atoms with van der Waals surface area (Å²) in [6, 6.07) is -0.326. The van der Waals surface area contributed by atoms with Gasteiger partial charge in [0.25, 0.3) is 0 Å². The maximum Gasteiger partial charge on any atom is 0.355 e. The number of rotatable bonds is 6. The van der Waals surface area contributed by atoms with Crippen LogP contribution in [0.3, 0.4) is 0 Å². The van der Waals surface area contributed by atoms with E-state index in [0.717, 1.165) is 0 Å². The van der Waals surface area contributed by atoms with E-state index in [1.807, 2.05) is 0 Å². The first-order chi connectivity index (χ1) is 10.1. The minimum atomic E-state index is -1.05. The van der Waals surface area contributed by atoms with E-state index in [1.165, 1.54) is 16.7 Å². The Hall–Kier alpha value is -2.49. The van der Waals surface area contributed by atoms with Crippen molar-refractivity contribution < 1.29 is 14.7 Å². The Bertz CT molecular complexity index is 637. The molecule has 0 spiro atoms. The van der Waals surface area contributed by atoms with Crippen LogP contribution >= 0.6 is 11.3 Å². The lowest BCUT2D eigenvalue weighted by molar-refractivity contribution is 0.0691. The summed E-state index contributed by atoms with van der Waals surface area (Å²) in [6.07, 6.45) is 2.03. The van der Waals surface area contributed by atoms with Crippen molar-refractivity contribution in [3.8, 4) is 0 Å². The van der Waals surface area contributed by atoms with E-state index >= 15 is 0 Å². The number of nitrogens with zero attached hydrogens (tertiary/aromatic N) is 4. The van der Waals surface area contributed by atoms with Crippen molar-refractivity contribution in [2.24, 2.45) is 7.05 Å². The van der Waals surface area contributed by atoms with Gasteiger partial charge in [0, 0.05) is 25.4 Å². The molecular weight excluding hydrogens is 296 g/mol. The van der Waals surface area contributed by atoms with Gasteiger partial charge in [0.1, 0.15) is 6.33 Å². The third-order valence-corrected chi connectivity index (χ3v) is 3.52. The standard InChI is InChI=1S/C11H14N6O3S/c1-17-6-14-16-8(17)4-13-11(20)12-3-2-9-15-7(5-21-9)10(18)19/h5-6H,2-4H2,1H3,(H,18,19)(H2,12,13,20). The molecule has 2 heterocycles. The lowest BCUT2D eigenvalue weighted by Crippen LogP contribution is -2.36. The molecule has 0 fully saturated rings. The van der Waals surface area contributed by atoms with Gasteiger partial charge in [-0.05, 0) is 0 Å². The minimum absolute atomic E-state index is 0.0294. The number of amides is 2. The Labute approximate surface area is 124 Å². The number of carboxylic acids is 1. The third-order valence-electron chi connectivity index (χ3n) is 2.61. The number of aryl methyl sites for hydroxylation is 1. The Morgan fingerprint density at radius 2 is 2.24 bits per heavy atom. The van der Waals surface area contributed by atoms with E-state index in [1.54, 1.807) is 17.9 Å². The van der Waals surface area contributed by atoms with Gasteiger partial charge in [-0.15, -0.1) is 21.5 Å². The summed E-state index contributed by atoms with van der Waals surface area (Å²) in [5, 5.41) is 23.8. The molecule has 0 atom stereocenters. The van der Waals surface area contributed by atoms with Crippen molar-refractivity contribution in [1.29, 1.82) is 0 Å². The fraction of sp³-hybridized carbons (Fsp3) is 0.364. The highest BCUT2D eigenvalue weighted by molar-refractivity contribution is 7.09. The molecule has 0 aliphatic carbocycles. The molecule has 9 nitrogen and oxygen atoms in total. The molecule has 2 amide bonds. The van der Waals surface area contributed by atoms with Crippen LogP contribution in [0.1, 0.15) is 21.3 Å². The first-order valence-corrected chi connectivity index (χ1v) is 6.96. The molecule has 0 unspecified atom stereocenters. The Morgan fingerprint density at radius 3 is 2.86 bits per heavy atom. The van der Waals surface area contributed by atoms with Crippen molar-refractivity contribution in [2.75, 3.05) is 6.54 Å². The lowest BCUT2D eigenvalue weighted by atomic mass is 10.4. The number of carboxylic acid groups (broad SMARTS) is 1. The molecule has 0 aromatic carbocycles. The molecular formula is C11H14N6O3S. The van der Waals surface area contributed by atoms with Crippen LogP contribution in [-0.2, 0) is 20.0 Å². The fourth-order valence-corrected chi connectivity index (χ4v) is 2.27. The summed E-state index contributed by atoms with van der Waals surface area (Å²) in [7, 11) is 1.79. The van der Waals surface area contributed by atoms with Gasteiger partial charge < -0.3 is 20.3 Å². The van der Waals surface area contributed by atoms with Crippen molar-refractivity contribution in [3.05, 3.63) is 28.2 Å². The molecule has 0 aliphatic heterocycles. The van der Waals surface area contributed by atoms with Crippen LogP contribution in [-0.4, -0.2) is 43.4 Å². The smallest absolute Gasteiger partial charge is 0.355 e. The number of nitrogens with one attached hydrogen (secondary N) is 2. The van der Waals surface area contributed by atoms with E-state index in [2.05, 4.69) is 25.8 Å². The normalized spacial score (nSPS) is 10.3. The summed E-state index contributed by atoms with van der Waals surface area (Å²) in [6.45, 7) is 0.653. The number of urea groups is 1. The Morgan fingerprint density at radius 1 is 1.43 bits per heavy atom. The highest BCUT2D eigenvalue weighted by atomic mass is 32.1. The van der Waals surface area contributed by atoms with Gasteiger partial charge in [-0.2, -0.15) is 0 Å². The zero-order valence-electron chi connectivity index (χ0n) is 11.2. The molecule has 112 valence electrons. The van der Waals surface area contributed by atoms with Gasteiger partial charge in [-0.25, -0.2) is 14.6 Å². The van der Waals surface area contributed by atoms with Crippen LogP contribution < -0.4 is 10.6 Å². The van der Waals surface area contributed by atoms with Crippen molar-refractivity contribution in [3.63, 3.8) is 0 Å². The first-order valence-electron chi connectivity index (χ1n) is 6.08. The Balaban J connectivity index is 1.69. The molecule has 3 N–H and O–H groups in total. The second kappa shape index (κ2) is 6.79.